The first-order valence-electron chi connectivity index (χ1n) is 9.82. The fourth-order valence-electron chi connectivity index (χ4n) is 3.42. The summed E-state index contributed by atoms with van der Waals surface area (Å²) in [4.78, 5) is 48.0. The molecule has 2 amide bonds. The molecule has 178 valence electrons. The van der Waals surface area contributed by atoms with Gasteiger partial charge in [0, 0.05) is 35.0 Å². The number of nitrogen functional groups attached to an aromatic ring is 1. The first-order valence-corrected chi connectivity index (χ1v) is 13.0. The first-order chi connectivity index (χ1) is 16.4. The predicted molar refractivity (Wildman–Crippen MR) is 124 cm³/mol. The Labute approximate surface area is 206 Å². The van der Waals surface area contributed by atoms with Crippen molar-refractivity contribution in [1.29, 1.82) is 0 Å². The predicted octanol–water partition coefficient (Wildman–Crippen LogP) is -1.45. The lowest BCUT2D eigenvalue weighted by atomic mass is 10.0. The molecular formula is C19H19N7O5S3. The molecule has 1 fully saturated rings. The zero-order chi connectivity index (χ0) is 24.2. The van der Waals surface area contributed by atoms with E-state index < -0.39 is 29.2 Å². The van der Waals surface area contributed by atoms with Crippen molar-refractivity contribution in [1.82, 2.24) is 19.6 Å². The summed E-state index contributed by atoms with van der Waals surface area (Å²) in [5.41, 5.74) is 5.76. The maximum atomic E-state index is 12.9. The minimum atomic E-state index is -1.44. The fraction of sp³-hybridized carbons (Fsp3) is 0.316. The minimum absolute atomic E-state index is 0.0291. The smallest absolute Gasteiger partial charge is 0.278 e. The number of nitrogens with zero attached hydrogens (tertiary/aromatic N) is 5. The van der Waals surface area contributed by atoms with Crippen molar-refractivity contribution in [3.8, 4) is 0 Å². The molecule has 3 N–H and O–H groups in total. The Hall–Kier alpha value is -3.17. The zero-order valence-corrected chi connectivity index (χ0v) is 20.2. The summed E-state index contributed by atoms with van der Waals surface area (Å²) in [5.74, 6) is -2.22. The molecule has 34 heavy (non-hydrogen) atoms. The Kier molecular flexibility index (Phi) is 7.33. The zero-order valence-electron chi connectivity index (χ0n) is 17.7. The van der Waals surface area contributed by atoms with Gasteiger partial charge in [0.05, 0.1) is 11.7 Å². The number of fused-ring (bicyclic) bond motifs is 1. The summed E-state index contributed by atoms with van der Waals surface area (Å²) in [6.07, 6.45) is 5.40. The number of carboxylic acid groups (broad SMARTS) is 1. The molecule has 0 aliphatic carbocycles. The molecule has 0 saturated carbocycles. The average Bonchev–Trinajstić information content (AvgIpc) is 3.26. The number of amides is 2. The van der Waals surface area contributed by atoms with Gasteiger partial charge in [-0.2, -0.15) is 9.36 Å². The number of oxime groups is 1. The number of pyridine rings is 1. The second-order valence-corrected chi connectivity index (χ2v) is 9.78. The van der Waals surface area contributed by atoms with Gasteiger partial charge in [0.1, 0.15) is 11.4 Å². The standard InChI is InChI=1S/C19H19N7O5S3/c1-32-9-31-23-11(14-22-19(20)34-24-14)15(27)21-12-16(28)26-13(18(29)30)10(8-33-17(12)26)7-25-5-3-2-4-6-25/h2-6,12,17H,7-9H2,1H3,(H3-,20,21,22,24,27,29,30)/t12?,17-/m1/s1. The van der Waals surface area contributed by atoms with Crippen molar-refractivity contribution in [3.05, 3.63) is 47.7 Å². The van der Waals surface area contributed by atoms with E-state index in [1.54, 1.807) is 18.6 Å². The largest absolute Gasteiger partial charge is 0.543 e. The van der Waals surface area contributed by atoms with E-state index in [2.05, 4.69) is 19.8 Å². The van der Waals surface area contributed by atoms with E-state index in [9.17, 15) is 19.5 Å². The molecule has 2 aliphatic heterocycles. The van der Waals surface area contributed by atoms with Crippen LogP contribution < -0.4 is 20.7 Å². The number of β-lactam (4-membered cyclic amide) rings is 1. The van der Waals surface area contributed by atoms with Crippen molar-refractivity contribution >= 4 is 63.7 Å². The molecule has 1 unspecified atom stereocenters. The molecule has 4 rings (SSSR count). The molecule has 15 heteroatoms. The SMILES string of the molecule is CSCON=C(C(=O)NC1C(=O)N2C(C(=O)[O-])=C(C[n+]3ccccc3)CS[C@H]12)c1nsc(N)n1. The third-order valence-electron chi connectivity index (χ3n) is 4.87. The van der Waals surface area contributed by atoms with Crippen LogP contribution in [-0.4, -0.2) is 67.1 Å². The van der Waals surface area contributed by atoms with E-state index in [1.807, 2.05) is 22.8 Å². The molecular weight excluding hydrogens is 502 g/mol. The van der Waals surface area contributed by atoms with Crippen molar-refractivity contribution in [2.45, 2.75) is 18.0 Å². The van der Waals surface area contributed by atoms with Crippen molar-refractivity contribution in [2.24, 2.45) is 5.16 Å². The fourth-order valence-corrected chi connectivity index (χ4v) is 5.35. The molecule has 1 saturated heterocycles. The topological polar surface area (TPSA) is 167 Å². The van der Waals surface area contributed by atoms with Gasteiger partial charge >= 0.3 is 0 Å². The van der Waals surface area contributed by atoms with Gasteiger partial charge in [-0.25, -0.2) is 4.57 Å². The summed E-state index contributed by atoms with van der Waals surface area (Å²) in [5, 5.41) is 17.9. The number of anilines is 1. The van der Waals surface area contributed by atoms with Crippen LogP contribution in [0.4, 0.5) is 5.13 Å². The van der Waals surface area contributed by atoms with Crippen LogP contribution in [0, 0.1) is 0 Å². The molecule has 2 aromatic rings. The monoisotopic (exact) mass is 521 g/mol. The van der Waals surface area contributed by atoms with E-state index in [0.29, 0.717) is 17.9 Å². The number of carbonyl (C=O) groups excluding carboxylic acids is 3. The summed E-state index contributed by atoms with van der Waals surface area (Å²) in [6.45, 7) is 0.297. The first kappa shape index (κ1) is 24.0. The van der Waals surface area contributed by atoms with E-state index in [0.717, 1.165) is 16.4 Å². The highest BCUT2D eigenvalue weighted by Gasteiger charge is 2.53. The lowest BCUT2D eigenvalue weighted by Crippen LogP contribution is -2.71. The molecule has 0 radical (unpaired) electrons. The number of nitrogens with one attached hydrogen (secondary N) is 1. The lowest BCUT2D eigenvalue weighted by molar-refractivity contribution is -0.689. The van der Waals surface area contributed by atoms with Gasteiger partial charge in [-0.3, -0.25) is 14.5 Å². The second-order valence-electron chi connectivity index (χ2n) is 7.08. The number of carbonyl (C=O) groups is 3. The molecule has 2 atom stereocenters. The molecule has 4 heterocycles. The van der Waals surface area contributed by atoms with E-state index in [-0.39, 0.29) is 28.3 Å². The number of hydrogen-bond acceptors (Lipinski definition) is 12. The summed E-state index contributed by atoms with van der Waals surface area (Å²) >= 11 is 3.59. The van der Waals surface area contributed by atoms with E-state index in [1.165, 1.54) is 23.5 Å². The molecule has 2 aromatic heterocycles. The number of hydrogen-bond donors (Lipinski definition) is 2. The number of thioether (sulfide) groups is 2. The van der Waals surface area contributed by atoms with Crippen LogP contribution in [-0.2, 0) is 25.8 Å². The highest BCUT2D eigenvalue weighted by Crippen LogP contribution is 2.40. The maximum absolute atomic E-state index is 12.9. The van der Waals surface area contributed by atoms with Gasteiger partial charge in [-0.05, 0) is 6.26 Å². The normalized spacial score (nSPS) is 20.0. The third kappa shape index (κ3) is 4.85. The van der Waals surface area contributed by atoms with Crippen LogP contribution in [0.1, 0.15) is 5.82 Å². The summed E-state index contributed by atoms with van der Waals surface area (Å²) in [7, 11) is 0. The van der Waals surface area contributed by atoms with Crippen LogP contribution >= 0.6 is 35.1 Å². The number of aliphatic carboxylic acids is 1. The van der Waals surface area contributed by atoms with Crippen LogP contribution in [0.5, 0.6) is 0 Å². The van der Waals surface area contributed by atoms with Crippen molar-refractivity contribution in [3.63, 3.8) is 0 Å². The Balaban J connectivity index is 1.52. The Bertz CT molecular complexity index is 1170. The van der Waals surface area contributed by atoms with Gasteiger partial charge in [-0.15, -0.1) is 23.5 Å². The van der Waals surface area contributed by atoms with Gasteiger partial charge in [-0.1, -0.05) is 11.2 Å². The second kappa shape index (κ2) is 10.4. The van der Waals surface area contributed by atoms with Crippen LogP contribution in [0.25, 0.3) is 0 Å². The van der Waals surface area contributed by atoms with E-state index in [4.69, 9.17) is 10.6 Å². The van der Waals surface area contributed by atoms with Gasteiger partial charge in [0.15, 0.2) is 30.0 Å². The van der Waals surface area contributed by atoms with Crippen LogP contribution in [0.3, 0.4) is 0 Å². The molecule has 0 bridgehead atoms. The average molecular weight is 522 g/mol. The highest BCUT2D eigenvalue weighted by atomic mass is 32.2. The number of aromatic nitrogens is 3. The summed E-state index contributed by atoms with van der Waals surface area (Å²) in [6, 6.07) is 4.54. The molecule has 12 nitrogen and oxygen atoms in total. The van der Waals surface area contributed by atoms with E-state index >= 15 is 0 Å². The van der Waals surface area contributed by atoms with Crippen molar-refractivity contribution in [2.75, 3.05) is 23.7 Å². The van der Waals surface area contributed by atoms with Crippen LogP contribution in [0.2, 0.25) is 0 Å². The number of rotatable bonds is 9. The molecule has 0 spiro atoms. The lowest BCUT2D eigenvalue weighted by Gasteiger charge is -2.50. The maximum Gasteiger partial charge on any atom is 0.278 e. The van der Waals surface area contributed by atoms with Crippen LogP contribution in [0.15, 0.2) is 47.0 Å². The van der Waals surface area contributed by atoms with Gasteiger partial charge in [0.2, 0.25) is 11.5 Å². The van der Waals surface area contributed by atoms with Gasteiger partial charge in [0.25, 0.3) is 11.8 Å². The summed E-state index contributed by atoms with van der Waals surface area (Å²) < 4.78 is 5.80. The van der Waals surface area contributed by atoms with Gasteiger partial charge < -0.3 is 25.8 Å². The molecule has 0 aromatic carbocycles. The highest BCUT2D eigenvalue weighted by molar-refractivity contribution is 8.00. The Morgan fingerprint density at radius 2 is 2.18 bits per heavy atom. The van der Waals surface area contributed by atoms with Crippen molar-refractivity contribution < 1.29 is 28.9 Å². The minimum Gasteiger partial charge on any atom is -0.543 e. The number of carboxylic acids is 1. The Morgan fingerprint density at radius 1 is 1.41 bits per heavy atom. The molecule has 2 aliphatic rings. The third-order valence-corrected chi connectivity index (χ3v) is 7.10. The number of nitrogens with two attached hydrogens (primary N) is 1. The quantitative estimate of drug-likeness (QED) is 0.0995. The Morgan fingerprint density at radius 3 is 2.82 bits per heavy atom.